The molecule has 0 spiro atoms. The molecule has 0 N–H and O–H groups in total. The number of urea groups is 1. The molecule has 2 aliphatic heterocycles. The maximum Gasteiger partial charge on any atom is 0.324 e. The lowest BCUT2D eigenvalue weighted by atomic mass is 9.99. The van der Waals surface area contributed by atoms with Crippen LogP contribution in [-0.2, 0) is 6.42 Å². The van der Waals surface area contributed by atoms with E-state index >= 15 is 0 Å². The Hall–Kier alpha value is -2.50. The second-order valence-electron chi connectivity index (χ2n) is 8.54. The van der Waals surface area contributed by atoms with E-state index in [-0.39, 0.29) is 6.03 Å². The van der Waals surface area contributed by atoms with Gasteiger partial charge in [-0.3, -0.25) is 4.90 Å². The van der Waals surface area contributed by atoms with Gasteiger partial charge < -0.3 is 14.7 Å². The maximum atomic E-state index is 13.3. The zero-order valence-electron chi connectivity index (χ0n) is 18.4. The Bertz CT molecular complexity index is 933. The first-order valence-electron chi connectivity index (χ1n) is 11.0. The summed E-state index contributed by atoms with van der Waals surface area (Å²) in [7, 11) is 4.13. The van der Waals surface area contributed by atoms with Crippen molar-refractivity contribution in [3.8, 4) is 0 Å². The zero-order chi connectivity index (χ0) is 21.8. The number of fused-ring (bicyclic) bond motifs is 1. The number of likely N-dealkylation sites (N-methyl/N-ethyl adjacent to an activating group) is 1. The van der Waals surface area contributed by atoms with Crippen LogP contribution in [0.25, 0.3) is 6.08 Å². The quantitative estimate of drug-likeness (QED) is 0.698. The van der Waals surface area contributed by atoms with E-state index in [2.05, 4.69) is 54.2 Å². The van der Waals surface area contributed by atoms with Gasteiger partial charge in [0, 0.05) is 55.7 Å². The maximum absolute atomic E-state index is 13.3. The Morgan fingerprint density at radius 2 is 1.77 bits per heavy atom. The van der Waals surface area contributed by atoms with Crippen molar-refractivity contribution in [1.82, 2.24) is 9.80 Å². The first-order valence-corrected chi connectivity index (χ1v) is 11.4. The van der Waals surface area contributed by atoms with E-state index in [9.17, 15) is 4.79 Å². The molecule has 31 heavy (non-hydrogen) atoms. The minimum absolute atomic E-state index is 0.132. The molecule has 6 heteroatoms. The van der Waals surface area contributed by atoms with Gasteiger partial charge in [0.2, 0.25) is 0 Å². The van der Waals surface area contributed by atoms with Gasteiger partial charge in [0.05, 0.1) is 0 Å². The number of aryl methyl sites for hydroxylation is 1. The molecule has 2 amide bonds. The Morgan fingerprint density at radius 3 is 2.48 bits per heavy atom. The largest absolute Gasteiger partial charge is 0.368 e. The molecule has 2 heterocycles. The summed E-state index contributed by atoms with van der Waals surface area (Å²) >= 11 is 6.01. The standard InChI is InChI=1S/C25H31ClN4O/c1-27(2)13-3-5-20-7-12-24-21(19-20)6-4-14-30(24)25(31)29-17-15-28(16-18-29)23-10-8-22(26)9-11-23/h3,5,7-12,19H,4,6,13-18H2,1-2H3/b5-3+. The smallest absolute Gasteiger partial charge is 0.324 e. The number of benzene rings is 2. The summed E-state index contributed by atoms with van der Waals surface area (Å²) in [4.78, 5) is 21.8. The van der Waals surface area contributed by atoms with E-state index in [1.54, 1.807) is 0 Å². The summed E-state index contributed by atoms with van der Waals surface area (Å²) in [5.74, 6) is 0. The highest BCUT2D eigenvalue weighted by molar-refractivity contribution is 6.30. The average molecular weight is 439 g/mol. The highest BCUT2D eigenvalue weighted by atomic mass is 35.5. The van der Waals surface area contributed by atoms with Crippen LogP contribution in [0, 0.1) is 0 Å². The highest BCUT2D eigenvalue weighted by Crippen LogP contribution is 2.30. The van der Waals surface area contributed by atoms with Crippen molar-refractivity contribution in [3.63, 3.8) is 0 Å². The molecular formula is C25H31ClN4O. The number of carbonyl (C=O) groups excluding carboxylic acids is 1. The van der Waals surface area contributed by atoms with Crippen LogP contribution in [0.15, 0.2) is 48.5 Å². The lowest BCUT2D eigenvalue weighted by Gasteiger charge is -2.40. The minimum atomic E-state index is 0.132. The monoisotopic (exact) mass is 438 g/mol. The zero-order valence-corrected chi connectivity index (χ0v) is 19.2. The fourth-order valence-corrected chi connectivity index (χ4v) is 4.42. The van der Waals surface area contributed by atoms with Crippen molar-refractivity contribution in [2.24, 2.45) is 0 Å². The molecule has 0 aliphatic carbocycles. The molecule has 164 valence electrons. The third kappa shape index (κ3) is 5.23. The Kier molecular flexibility index (Phi) is 6.83. The molecule has 2 aliphatic rings. The van der Waals surface area contributed by atoms with Crippen molar-refractivity contribution >= 4 is 35.1 Å². The van der Waals surface area contributed by atoms with Gasteiger partial charge in [-0.25, -0.2) is 4.79 Å². The topological polar surface area (TPSA) is 30.0 Å². The van der Waals surface area contributed by atoms with E-state index in [4.69, 9.17) is 11.6 Å². The predicted molar refractivity (Wildman–Crippen MR) is 130 cm³/mol. The molecule has 5 nitrogen and oxygen atoms in total. The van der Waals surface area contributed by atoms with E-state index in [1.807, 2.05) is 34.1 Å². The third-order valence-electron chi connectivity index (χ3n) is 5.98. The van der Waals surface area contributed by atoms with Gasteiger partial charge in [-0.05, 0) is 74.5 Å². The first-order chi connectivity index (χ1) is 15.0. The summed E-state index contributed by atoms with van der Waals surface area (Å²) in [6.45, 7) is 4.85. The van der Waals surface area contributed by atoms with Gasteiger partial charge in [0.25, 0.3) is 0 Å². The number of rotatable bonds is 4. The molecule has 0 unspecified atom stereocenters. The Labute approximate surface area is 190 Å². The van der Waals surface area contributed by atoms with Gasteiger partial charge in [0.1, 0.15) is 0 Å². The van der Waals surface area contributed by atoms with Crippen LogP contribution >= 0.6 is 11.6 Å². The molecule has 4 rings (SSSR count). The van der Waals surface area contributed by atoms with Crippen molar-refractivity contribution < 1.29 is 4.79 Å². The number of amides is 2. The fourth-order valence-electron chi connectivity index (χ4n) is 4.30. The summed E-state index contributed by atoms with van der Waals surface area (Å²) in [6.07, 6.45) is 6.37. The van der Waals surface area contributed by atoms with Crippen LogP contribution < -0.4 is 9.80 Å². The summed E-state index contributed by atoms with van der Waals surface area (Å²) < 4.78 is 0. The van der Waals surface area contributed by atoms with Gasteiger partial charge >= 0.3 is 6.03 Å². The molecule has 0 bridgehead atoms. The lowest BCUT2D eigenvalue weighted by molar-refractivity contribution is 0.200. The number of piperazine rings is 1. The molecule has 2 aromatic carbocycles. The molecule has 0 saturated carbocycles. The van der Waals surface area contributed by atoms with Gasteiger partial charge in [0.15, 0.2) is 0 Å². The molecule has 0 radical (unpaired) electrons. The van der Waals surface area contributed by atoms with Crippen molar-refractivity contribution in [2.45, 2.75) is 12.8 Å². The van der Waals surface area contributed by atoms with E-state index in [1.165, 1.54) is 11.1 Å². The van der Waals surface area contributed by atoms with Crippen LogP contribution in [0.3, 0.4) is 0 Å². The van der Waals surface area contributed by atoms with Crippen LogP contribution in [0.4, 0.5) is 16.2 Å². The molecule has 1 fully saturated rings. The molecule has 0 aromatic heterocycles. The van der Waals surface area contributed by atoms with Gasteiger partial charge in [-0.15, -0.1) is 0 Å². The third-order valence-corrected chi connectivity index (χ3v) is 6.23. The minimum Gasteiger partial charge on any atom is -0.368 e. The van der Waals surface area contributed by atoms with Gasteiger partial charge in [-0.1, -0.05) is 29.8 Å². The summed E-state index contributed by atoms with van der Waals surface area (Å²) in [5, 5.41) is 0.748. The molecular weight excluding hydrogens is 408 g/mol. The number of anilines is 2. The summed E-state index contributed by atoms with van der Waals surface area (Å²) in [5.41, 5.74) is 4.70. The Morgan fingerprint density at radius 1 is 1.03 bits per heavy atom. The predicted octanol–water partition coefficient (Wildman–Crippen LogP) is 4.61. The van der Waals surface area contributed by atoms with Crippen molar-refractivity contribution in [2.75, 3.05) is 63.2 Å². The van der Waals surface area contributed by atoms with E-state index < -0.39 is 0 Å². The Balaban J connectivity index is 1.41. The normalized spacial score (nSPS) is 16.8. The fraction of sp³-hybridized carbons (Fsp3) is 0.400. The van der Waals surface area contributed by atoms with Crippen LogP contribution in [0.5, 0.6) is 0 Å². The summed E-state index contributed by atoms with van der Waals surface area (Å²) in [6, 6.07) is 14.5. The number of halogens is 1. The lowest BCUT2D eigenvalue weighted by Crippen LogP contribution is -2.53. The van der Waals surface area contributed by atoms with E-state index in [0.717, 1.165) is 68.5 Å². The van der Waals surface area contributed by atoms with Crippen LogP contribution in [0.2, 0.25) is 5.02 Å². The number of nitrogens with zero attached hydrogens (tertiary/aromatic N) is 4. The molecule has 2 aromatic rings. The second kappa shape index (κ2) is 9.75. The number of hydrogen-bond acceptors (Lipinski definition) is 3. The average Bonchev–Trinajstić information content (AvgIpc) is 2.78. The second-order valence-corrected chi connectivity index (χ2v) is 8.98. The SMILES string of the molecule is CN(C)C/C=C/c1ccc2c(c1)CCCN2C(=O)N1CCN(c2ccc(Cl)cc2)CC1. The highest BCUT2D eigenvalue weighted by Gasteiger charge is 2.29. The molecule has 1 saturated heterocycles. The van der Waals surface area contributed by atoms with Crippen molar-refractivity contribution in [3.05, 3.63) is 64.7 Å². The molecule has 0 atom stereocenters. The van der Waals surface area contributed by atoms with E-state index in [0.29, 0.717) is 0 Å². The van der Waals surface area contributed by atoms with Crippen molar-refractivity contribution in [1.29, 1.82) is 0 Å². The van der Waals surface area contributed by atoms with Crippen LogP contribution in [-0.4, -0.2) is 69.2 Å². The van der Waals surface area contributed by atoms with Crippen LogP contribution in [0.1, 0.15) is 17.5 Å². The van der Waals surface area contributed by atoms with Gasteiger partial charge in [-0.2, -0.15) is 0 Å². The first kappa shape index (κ1) is 21.7. The number of hydrogen-bond donors (Lipinski definition) is 0. The number of carbonyl (C=O) groups is 1.